The fourth-order valence-electron chi connectivity index (χ4n) is 2.44. The molecule has 0 aliphatic heterocycles. The van der Waals surface area contributed by atoms with Crippen LogP contribution in [0.4, 0.5) is 21.7 Å². The van der Waals surface area contributed by atoms with Crippen molar-refractivity contribution in [1.82, 2.24) is 20.3 Å². The number of hydrogen-bond donors (Lipinski definition) is 3. The number of benzene rings is 2. The van der Waals surface area contributed by atoms with Gasteiger partial charge in [0.2, 0.25) is 11.3 Å². The second-order valence-electron chi connectivity index (χ2n) is 5.88. The molecule has 0 aliphatic rings. The van der Waals surface area contributed by atoms with Crippen LogP contribution in [0.25, 0.3) is 11.3 Å². The maximum atomic E-state index is 13.4. The predicted octanol–water partition coefficient (Wildman–Crippen LogP) is 3.71. The average molecular weight is 430 g/mol. The number of halogens is 2. The Labute approximate surface area is 173 Å². The van der Waals surface area contributed by atoms with Gasteiger partial charge in [0.25, 0.3) is 0 Å². The Hall–Kier alpha value is -3.99. The molecule has 0 saturated heterocycles. The number of methoxy groups -OCH3 is 1. The van der Waals surface area contributed by atoms with Gasteiger partial charge in [-0.3, -0.25) is 5.43 Å². The third-order valence-electron chi connectivity index (χ3n) is 3.91. The molecule has 0 fully saturated rings. The van der Waals surface area contributed by atoms with Crippen LogP contribution < -0.4 is 15.5 Å². The fraction of sp³-hybridized carbons (Fsp3) is 0.0556. The average Bonchev–Trinajstić information content (AvgIpc) is 3.19. The van der Waals surface area contributed by atoms with Gasteiger partial charge in [-0.05, 0) is 40.6 Å². The molecule has 0 unspecified atom stereocenters. The van der Waals surface area contributed by atoms with Crippen molar-refractivity contribution >= 4 is 46.4 Å². The Morgan fingerprint density at radius 1 is 1.13 bits per heavy atom. The molecule has 0 spiro atoms. The van der Waals surface area contributed by atoms with Crippen molar-refractivity contribution in [3.05, 3.63) is 52.8 Å². The molecule has 4 rings (SSSR count). The standard InChI is InChI=1S/C18H13ClFN7O3/c1-29-11-4-2-9(14(28)7-11)8-21-25-16-15(23-17-18(24-16)27-30-26-17)22-10-3-5-13(20)12(19)6-10/h2-8,28H,1H3,(H,22,23,26)(H,24,25,27)/b21-8+. The highest BCUT2D eigenvalue weighted by atomic mass is 35.5. The molecule has 2 aromatic heterocycles. The first kappa shape index (κ1) is 19.3. The van der Waals surface area contributed by atoms with E-state index in [-0.39, 0.29) is 33.7 Å². The molecule has 0 amide bonds. The van der Waals surface area contributed by atoms with E-state index in [9.17, 15) is 9.50 Å². The first-order valence-corrected chi connectivity index (χ1v) is 8.80. The summed E-state index contributed by atoms with van der Waals surface area (Å²) >= 11 is 5.83. The zero-order chi connectivity index (χ0) is 21.1. The number of fused-ring (bicyclic) bond motifs is 1. The number of nitrogens with one attached hydrogen (secondary N) is 2. The Kier molecular flexibility index (Phi) is 5.26. The first-order valence-electron chi connectivity index (χ1n) is 8.42. The Morgan fingerprint density at radius 2 is 1.90 bits per heavy atom. The third kappa shape index (κ3) is 4.05. The van der Waals surface area contributed by atoms with Crippen LogP contribution in [0.15, 0.2) is 46.1 Å². The summed E-state index contributed by atoms with van der Waals surface area (Å²) in [6.07, 6.45) is 1.39. The normalized spacial score (nSPS) is 11.2. The van der Waals surface area contributed by atoms with Crippen LogP contribution in [0.3, 0.4) is 0 Å². The van der Waals surface area contributed by atoms with Gasteiger partial charge in [-0.1, -0.05) is 11.6 Å². The van der Waals surface area contributed by atoms with E-state index in [2.05, 4.69) is 40.8 Å². The number of phenols is 1. The van der Waals surface area contributed by atoms with E-state index in [0.29, 0.717) is 17.0 Å². The second-order valence-corrected chi connectivity index (χ2v) is 6.29. The van der Waals surface area contributed by atoms with Gasteiger partial charge in [0.1, 0.15) is 17.3 Å². The van der Waals surface area contributed by atoms with E-state index in [1.54, 1.807) is 12.1 Å². The van der Waals surface area contributed by atoms with Crippen molar-refractivity contribution in [2.45, 2.75) is 0 Å². The molecule has 4 aromatic rings. The second kappa shape index (κ2) is 8.17. The summed E-state index contributed by atoms with van der Waals surface area (Å²) in [6, 6.07) is 8.86. The number of nitrogens with zero attached hydrogens (tertiary/aromatic N) is 5. The zero-order valence-electron chi connectivity index (χ0n) is 15.3. The Morgan fingerprint density at radius 3 is 2.60 bits per heavy atom. The number of ether oxygens (including phenoxy) is 1. The molecular formula is C18H13ClFN7O3. The minimum atomic E-state index is -0.549. The summed E-state index contributed by atoms with van der Waals surface area (Å²) in [5, 5.41) is 24.3. The summed E-state index contributed by atoms with van der Waals surface area (Å²) in [5.41, 5.74) is 3.94. The van der Waals surface area contributed by atoms with Crippen molar-refractivity contribution in [3.8, 4) is 11.5 Å². The topological polar surface area (TPSA) is 131 Å². The molecule has 12 heteroatoms. The number of anilines is 3. The van der Waals surface area contributed by atoms with Crippen LogP contribution in [0.5, 0.6) is 11.5 Å². The van der Waals surface area contributed by atoms with Gasteiger partial charge in [0, 0.05) is 17.3 Å². The van der Waals surface area contributed by atoms with E-state index < -0.39 is 5.82 Å². The van der Waals surface area contributed by atoms with E-state index in [4.69, 9.17) is 16.3 Å². The third-order valence-corrected chi connectivity index (χ3v) is 4.20. The maximum Gasteiger partial charge on any atom is 0.245 e. The Bertz CT molecular complexity index is 1250. The minimum absolute atomic E-state index is 0.0126. The van der Waals surface area contributed by atoms with Gasteiger partial charge in [-0.15, -0.1) is 0 Å². The molecule has 10 nitrogen and oxygen atoms in total. The van der Waals surface area contributed by atoms with E-state index >= 15 is 0 Å². The van der Waals surface area contributed by atoms with Gasteiger partial charge < -0.3 is 15.2 Å². The Balaban J connectivity index is 1.62. The minimum Gasteiger partial charge on any atom is -0.507 e. The smallest absolute Gasteiger partial charge is 0.245 e. The van der Waals surface area contributed by atoms with E-state index in [1.165, 1.54) is 37.6 Å². The van der Waals surface area contributed by atoms with Crippen LogP contribution in [0.1, 0.15) is 5.56 Å². The van der Waals surface area contributed by atoms with Crippen LogP contribution in [-0.2, 0) is 0 Å². The molecule has 0 bridgehead atoms. The number of hydrogen-bond acceptors (Lipinski definition) is 10. The number of hydrazone groups is 1. The summed E-state index contributed by atoms with van der Waals surface area (Å²) in [4.78, 5) is 8.51. The molecule has 30 heavy (non-hydrogen) atoms. The van der Waals surface area contributed by atoms with Gasteiger partial charge in [0.15, 0.2) is 11.6 Å². The highest BCUT2D eigenvalue weighted by molar-refractivity contribution is 6.31. The number of aromatic nitrogens is 4. The molecule has 2 heterocycles. The number of aromatic hydroxyl groups is 1. The predicted molar refractivity (Wildman–Crippen MR) is 108 cm³/mol. The molecule has 0 saturated carbocycles. The monoisotopic (exact) mass is 429 g/mol. The van der Waals surface area contributed by atoms with E-state index in [0.717, 1.165) is 0 Å². The van der Waals surface area contributed by atoms with Crippen molar-refractivity contribution in [3.63, 3.8) is 0 Å². The zero-order valence-corrected chi connectivity index (χ0v) is 16.1. The highest BCUT2D eigenvalue weighted by Crippen LogP contribution is 2.27. The van der Waals surface area contributed by atoms with Gasteiger partial charge >= 0.3 is 0 Å². The highest BCUT2D eigenvalue weighted by Gasteiger charge is 2.13. The van der Waals surface area contributed by atoms with Crippen molar-refractivity contribution in [1.29, 1.82) is 0 Å². The summed E-state index contributed by atoms with van der Waals surface area (Å²) in [7, 11) is 1.50. The summed E-state index contributed by atoms with van der Waals surface area (Å²) in [5.74, 6) is 0.352. The molecule has 152 valence electrons. The van der Waals surface area contributed by atoms with Crippen LogP contribution in [0, 0.1) is 5.82 Å². The van der Waals surface area contributed by atoms with E-state index in [1.807, 2.05) is 0 Å². The number of rotatable bonds is 6. The van der Waals surface area contributed by atoms with Crippen LogP contribution >= 0.6 is 11.6 Å². The fourth-order valence-corrected chi connectivity index (χ4v) is 2.62. The maximum absolute atomic E-state index is 13.4. The number of phenolic OH excluding ortho intramolecular Hbond substituents is 1. The van der Waals surface area contributed by atoms with Crippen LogP contribution in [-0.4, -0.2) is 38.7 Å². The lowest BCUT2D eigenvalue weighted by atomic mass is 10.2. The molecular weight excluding hydrogens is 417 g/mol. The van der Waals surface area contributed by atoms with Gasteiger partial charge in [-0.25, -0.2) is 14.0 Å². The summed E-state index contributed by atoms with van der Waals surface area (Å²) in [6.45, 7) is 0. The van der Waals surface area contributed by atoms with Crippen LogP contribution in [0.2, 0.25) is 5.02 Å². The van der Waals surface area contributed by atoms with Crippen molar-refractivity contribution < 1.29 is 18.9 Å². The SMILES string of the molecule is COc1ccc(/C=N/Nc2nc3nonc3nc2Nc2ccc(F)c(Cl)c2)c(O)c1. The molecule has 0 atom stereocenters. The first-order chi connectivity index (χ1) is 14.5. The lowest BCUT2D eigenvalue weighted by molar-refractivity contribution is 0.314. The lowest BCUT2D eigenvalue weighted by Crippen LogP contribution is -2.03. The lowest BCUT2D eigenvalue weighted by Gasteiger charge is -2.10. The van der Waals surface area contributed by atoms with Gasteiger partial charge in [0.05, 0.1) is 18.3 Å². The van der Waals surface area contributed by atoms with Crippen molar-refractivity contribution in [2.75, 3.05) is 17.9 Å². The molecule has 0 radical (unpaired) electrons. The van der Waals surface area contributed by atoms with Crippen molar-refractivity contribution in [2.24, 2.45) is 5.10 Å². The molecule has 2 aromatic carbocycles. The molecule has 3 N–H and O–H groups in total. The largest absolute Gasteiger partial charge is 0.507 e. The summed E-state index contributed by atoms with van der Waals surface area (Å²) < 4.78 is 23.1. The molecule has 0 aliphatic carbocycles. The quantitative estimate of drug-likeness (QED) is 0.310. The van der Waals surface area contributed by atoms with Gasteiger partial charge in [-0.2, -0.15) is 10.1 Å².